The lowest BCUT2D eigenvalue weighted by Gasteiger charge is -2.11. The number of carbonyl (C=O) groups is 3. The number of aliphatic carboxylic acids is 1. The fourth-order valence-electron chi connectivity index (χ4n) is 3.90. The minimum atomic E-state index is -5.08. The number of methoxy groups -OCH3 is 2. The van der Waals surface area contributed by atoms with E-state index in [2.05, 4.69) is 19.9 Å². The van der Waals surface area contributed by atoms with Gasteiger partial charge in [-0.3, -0.25) is 19.0 Å². The number of hydrogen-bond acceptors (Lipinski definition) is 10. The minimum Gasteiger partial charge on any atom is -0.496 e. The highest BCUT2D eigenvalue weighted by molar-refractivity contribution is 7.94. The molecule has 0 aliphatic heterocycles. The number of hydrogen-bond donors (Lipinski definition) is 4. The van der Waals surface area contributed by atoms with Crippen molar-refractivity contribution in [3.05, 3.63) is 70.1 Å². The molecule has 46 heavy (non-hydrogen) atoms. The van der Waals surface area contributed by atoms with Crippen LogP contribution in [-0.4, -0.2) is 67.6 Å². The Balaban J connectivity index is 0.000000738. The van der Waals surface area contributed by atoms with Gasteiger partial charge in [0, 0.05) is 6.54 Å². The van der Waals surface area contributed by atoms with E-state index in [1.165, 1.54) is 26.4 Å². The Labute approximate surface area is 269 Å². The van der Waals surface area contributed by atoms with Crippen LogP contribution in [0.15, 0.2) is 58.8 Å². The van der Waals surface area contributed by atoms with Crippen molar-refractivity contribution in [2.24, 2.45) is 5.73 Å². The summed E-state index contributed by atoms with van der Waals surface area (Å²) in [5, 5.41) is 14.9. The molecule has 0 unspecified atom stereocenters. The Hall–Kier alpha value is -4.39. The third-order valence-corrected chi connectivity index (χ3v) is 9.03. The molecule has 0 saturated carbocycles. The summed E-state index contributed by atoms with van der Waals surface area (Å²) < 4.78 is 72.4. The first-order valence-corrected chi connectivity index (χ1v) is 15.5. The number of esters is 1. The van der Waals surface area contributed by atoms with E-state index in [1.807, 2.05) is 30.3 Å². The molecule has 2 heterocycles. The van der Waals surface area contributed by atoms with Crippen LogP contribution in [0.1, 0.15) is 17.5 Å². The number of carbonyl (C=O) groups excluding carboxylic acids is 2. The van der Waals surface area contributed by atoms with Crippen molar-refractivity contribution in [2.75, 3.05) is 18.9 Å². The number of sulfonamides is 1. The molecule has 1 atom stereocenters. The minimum absolute atomic E-state index is 0.0624. The Morgan fingerprint density at radius 3 is 2.35 bits per heavy atom. The summed E-state index contributed by atoms with van der Waals surface area (Å²) in [4.78, 5) is 32.5. The molecule has 0 aliphatic rings. The highest BCUT2D eigenvalue weighted by atomic mass is 35.5. The van der Waals surface area contributed by atoms with E-state index in [0.29, 0.717) is 27.5 Å². The number of benzene rings is 2. The average Bonchev–Trinajstić information content (AvgIpc) is 3.59. The maximum atomic E-state index is 13.0. The van der Waals surface area contributed by atoms with Gasteiger partial charge in [0.05, 0.1) is 42.4 Å². The number of nitrogens with one attached hydrogen (secondary N) is 2. The maximum absolute atomic E-state index is 13.0. The van der Waals surface area contributed by atoms with Gasteiger partial charge in [0.25, 0.3) is 10.0 Å². The predicted octanol–water partition coefficient (Wildman–Crippen LogP) is 3.75. The normalized spacial score (nSPS) is 12.1. The van der Waals surface area contributed by atoms with Crippen molar-refractivity contribution in [3.8, 4) is 5.75 Å². The zero-order chi connectivity index (χ0) is 34.2. The molecule has 0 radical (unpaired) electrons. The quantitative estimate of drug-likeness (QED) is 0.167. The van der Waals surface area contributed by atoms with Crippen molar-refractivity contribution < 1.29 is 50.6 Å². The summed E-state index contributed by atoms with van der Waals surface area (Å²) >= 11 is 6.88. The molecular weight excluding hydrogens is 679 g/mol. The van der Waals surface area contributed by atoms with Gasteiger partial charge in [0.2, 0.25) is 5.91 Å². The average molecular weight is 706 g/mol. The van der Waals surface area contributed by atoms with Gasteiger partial charge in [-0.15, -0.1) is 11.3 Å². The molecule has 0 aliphatic carbocycles. The van der Waals surface area contributed by atoms with Gasteiger partial charge in [0.1, 0.15) is 16.0 Å². The zero-order valence-corrected chi connectivity index (χ0v) is 26.4. The van der Waals surface area contributed by atoms with Crippen LogP contribution in [0, 0.1) is 0 Å². The van der Waals surface area contributed by atoms with E-state index in [0.717, 1.165) is 22.5 Å². The van der Waals surface area contributed by atoms with Crippen molar-refractivity contribution in [2.45, 2.75) is 35.9 Å². The Morgan fingerprint density at radius 2 is 1.76 bits per heavy atom. The van der Waals surface area contributed by atoms with Crippen molar-refractivity contribution in [1.82, 2.24) is 15.1 Å². The molecule has 19 heteroatoms. The first-order chi connectivity index (χ1) is 21.5. The number of thiophene rings is 1. The second-order valence-electron chi connectivity index (χ2n) is 9.26. The van der Waals surface area contributed by atoms with Gasteiger partial charge < -0.3 is 25.6 Å². The van der Waals surface area contributed by atoms with Gasteiger partial charge in [-0.1, -0.05) is 41.9 Å². The maximum Gasteiger partial charge on any atom is 0.490 e. The molecule has 248 valence electrons. The molecule has 5 N–H and O–H groups in total. The first-order valence-electron chi connectivity index (χ1n) is 12.9. The van der Waals surface area contributed by atoms with Crippen LogP contribution in [0.2, 0.25) is 4.34 Å². The second kappa shape index (κ2) is 15.3. The van der Waals surface area contributed by atoms with Gasteiger partial charge in [-0.25, -0.2) is 13.2 Å². The molecule has 0 fully saturated rings. The van der Waals surface area contributed by atoms with E-state index in [9.17, 15) is 31.2 Å². The van der Waals surface area contributed by atoms with E-state index in [-0.39, 0.29) is 28.9 Å². The summed E-state index contributed by atoms with van der Waals surface area (Å²) in [6.45, 7) is 0.536. The summed E-state index contributed by atoms with van der Waals surface area (Å²) in [7, 11) is -1.22. The summed E-state index contributed by atoms with van der Waals surface area (Å²) in [6.07, 6.45) is -5.27. The van der Waals surface area contributed by atoms with Crippen LogP contribution in [-0.2, 0) is 42.2 Å². The summed E-state index contributed by atoms with van der Waals surface area (Å²) in [6, 6.07) is 14.7. The number of carboxylic acid groups (broad SMARTS) is 1. The number of halogens is 4. The van der Waals surface area contributed by atoms with E-state index < -0.39 is 34.2 Å². The molecule has 4 rings (SSSR count). The molecule has 4 aromatic rings. The lowest BCUT2D eigenvalue weighted by molar-refractivity contribution is -0.192. The predicted molar refractivity (Wildman–Crippen MR) is 162 cm³/mol. The fourth-order valence-corrected chi connectivity index (χ4v) is 6.39. The van der Waals surface area contributed by atoms with Crippen LogP contribution in [0.3, 0.4) is 0 Å². The van der Waals surface area contributed by atoms with Crippen LogP contribution >= 0.6 is 22.9 Å². The highest BCUT2D eigenvalue weighted by Gasteiger charge is 2.38. The smallest absolute Gasteiger partial charge is 0.490 e. The largest absolute Gasteiger partial charge is 0.496 e. The van der Waals surface area contributed by atoms with E-state index >= 15 is 0 Å². The van der Waals surface area contributed by atoms with Gasteiger partial charge in [-0.05, 0) is 35.4 Å². The lowest BCUT2D eigenvalue weighted by atomic mass is 10.1. The summed E-state index contributed by atoms with van der Waals surface area (Å²) in [5.41, 5.74) is 7.98. The third-order valence-electron chi connectivity index (χ3n) is 5.97. The van der Waals surface area contributed by atoms with Gasteiger partial charge >= 0.3 is 18.1 Å². The Bertz CT molecular complexity index is 1830. The van der Waals surface area contributed by atoms with Gasteiger partial charge in [0.15, 0.2) is 5.82 Å². The number of aromatic nitrogens is 2. The van der Waals surface area contributed by atoms with Gasteiger partial charge in [-0.2, -0.15) is 18.3 Å². The molecule has 0 spiro atoms. The number of carboxylic acids is 1. The molecule has 0 saturated heterocycles. The second-order valence-corrected chi connectivity index (χ2v) is 12.9. The number of nitrogens with two attached hydrogens (primary N) is 1. The fraction of sp³-hybridized carbons (Fsp3) is 0.259. The van der Waals surface area contributed by atoms with Crippen molar-refractivity contribution in [3.63, 3.8) is 0 Å². The molecule has 2 aromatic carbocycles. The van der Waals surface area contributed by atoms with Crippen LogP contribution in [0.25, 0.3) is 10.9 Å². The van der Waals surface area contributed by atoms with Crippen LogP contribution in [0.5, 0.6) is 5.75 Å². The number of nitrogens with zero attached hydrogens (tertiary/aromatic N) is 2. The summed E-state index contributed by atoms with van der Waals surface area (Å²) in [5.74, 6) is -3.21. The number of amides is 1. The van der Waals surface area contributed by atoms with E-state index in [1.54, 1.807) is 16.8 Å². The molecule has 1 amide bonds. The van der Waals surface area contributed by atoms with E-state index in [4.69, 9.17) is 32.0 Å². The SMILES string of the molecule is COC(=O)[C@@H](N)CC(=O)NCc1cccc(Cn2nc(NS(=O)(=O)c3ccc(Cl)s3)c3c(OC)cccc32)c1.O=C(O)C(F)(F)F. The number of rotatable bonds is 11. The third kappa shape index (κ3) is 9.56. The van der Waals surface area contributed by atoms with Crippen molar-refractivity contribution in [1.29, 1.82) is 0 Å². The molecule has 2 aromatic heterocycles. The van der Waals surface area contributed by atoms with Crippen molar-refractivity contribution >= 4 is 67.5 Å². The molecular formula is C27H27ClF3N5O8S2. The Kier molecular flexibility index (Phi) is 12.0. The molecule has 0 bridgehead atoms. The Morgan fingerprint density at radius 1 is 1.11 bits per heavy atom. The van der Waals surface area contributed by atoms with Crippen LogP contribution < -0.4 is 20.5 Å². The highest BCUT2D eigenvalue weighted by Crippen LogP contribution is 2.35. The standard InChI is InChI=1S/C25H26ClN5O6S2.C2HF3O2/c1-36-19-8-4-7-18-23(19)24(30-39(34,35)22-10-9-20(26)38-22)29-31(18)14-16-6-3-5-15(11-16)13-28-21(32)12-17(27)25(33)37-2;3-2(4,5)1(6)7/h3-11,17H,12-14,27H2,1-2H3,(H,28,32)(H,29,30);(H,6,7)/t17-;/m0./s1. The number of ether oxygens (including phenoxy) is 2. The monoisotopic (exact) mass is 705 g/mol. The molecule has 13 nitrogen and oxygen atoms in total. The topological polar surface area (TPSA) is 192 Å². The number of alkyl halides is 3. The number of fused-ring (bicyclic) bond motifs is 1. The van der Waals surface area contributed by atoms with Crippen LogP contribution in [0.4, 0.5) is 19.0 Å². The lowest BCUT2D eigenvalue weighted by Crippen LogP contribution is -2.37. The number of anilines is 1. The first kappa shape index (κ1) is 36.1. The zero-order valence-electron chi connectivity index (χ0n) is 24.0.